The highest BCUT2D eigenvalue weighted by molar-refractivity contribution is 14.0. The third kappa shape index (κ3) is 7.99. The van der Waals surface area contributed by atoms with E-state index in [0.717, 1.165) is 12.1 Å². The Labute approximate surface area is 162 Å². The molecule has 1 amide bonds. The maximum atomic E-state index is 11.7. The van der Waals surface area contributed by atoms with Gasteiger partial charge in [0.2, 0.25) is 5.91 Å². The molecule has 5 nitrogen and oxygen atoms in total. The Kier molecular flexibility index (Phi) is 9.96. The second kappa shape index (κ2) is 10.5. The minimum Gasteiger partial charge on any atom is -0.370 e. The molecule has 0 fully saturated rings. The smallest absolute Gasteiger partial charge is 0.225 e. The van der Waals surface area contributed by atoms with Crippen LogP contribution in [0.2, 0.25) is 0 Å². The minimum absolute atomic E-state index is 0. The Hall–Kier alpha value is -1.31. The zero-order valence-electron chi connectivity index (χ0n) is 15.3. The molecule has 24 heavy (non-hydrogen) atoms. The van der Waals surface area contributed by atoms with Crippen molar-refractivity contribution in [1.82, 2.24) is 5.32 Å². The first-order valence-electron chi connectivity index (χ1n) is 8.19. The van der Waals surface area contributed by atoms with Crippen LogP contribution in [-0.4, -0.2) is 25.0 Å². The number of nitrogens with two attached hydrogens (primary N) is 1. The van der Waals surface area contributed by atoms with Crippen LogP contribution in [0.15, 0.2) is 29.3 Å². The Bertz CT molecular complexity index is 535. The van der Waals surface area contributed by atoms with E-state index in [-0.39, 0.29) is 35.3 Å². The van der Waals surface area contributed by atoms with E-state index in [2.05, 4.69) is 41.6 Å². The molecule has 0 aliphatic carbocycles. The monoisotopic (exact) mass is 446 g/mol. The third-order valence-electron chi connectivity index (χ3n) is 3.73. The summed E-state index contributed by atoms with van der Waals surface area (Å²) in [5.41, 5.74) is 7.71. The van der Waals surface area contributed by atoms with E-state index in [1.165, 1.54) is 5.56 Å². The molecule has 0 aromatic heterocycles. The first-order chi connectivity index (χ1) is 10.7. The molecule has 1 unspecified atom stereocenters. The van der Waals surface area contributed by atoms with E-state index in [0.29, 0.717) is 25.0 Å². The van der Waals surface area contributed by atoms with Crippen LogP contribution in [0.25, 0.3) is 0 Å². The van der Waals surface area contributed by atoms with Crippen molar-refractivity contribution >= 4 is 41.5 Å². The highest BCUT2D eigenvalue weighted by Gasteiger charge is 2.20. The number of nitrogens with zero attached hydrogens (tertiary/aromatic N) is 1. The van der Waals surface area contributed by atoms with Gasteiger partial charge in [-0.2, -0.15) is 0 Å². The number of hydrogen-bond donors (Lipinski definition) is 3. The van der Waals surface area contributed by atoms with E-state index in [1.54, 1.807) is 0 Å². The summed E-state index contributed by atoms with van der Waals surface area (Å²) in [5.74, 6) is 0.924. The van der Waals surface area contributed by atoms with Gasteiger partial charge in [-0.1, -0.05) is 46.8 Å². The van der Waals surface area contributed by atoms with Gasteiger partial charge < -0.3 is 16.4 Å². The topological polar surface area (TPSA) is 79.5 Å². The summed E-state index contributed by atoms with van der Waals surface area (Å²) >= 11 is 0. The van der Waals surface area contributed by atoms with Crippen molar-refractivity contribution in [2.75, 3.05) is 18.4 Å². The van der Waals surface area contributed by atoms with Crippen molar-refractivity contribution in [1.29, 1.82) is 0 Å². The fraction of sp³-hybridized carbons (Fsp3) is 0.556. The standard InChI is InChI=1S/C18H30N4O.HI/c1-6-13(2)14-7-9-15(10-8-14)22-17(19)21-12-11-20-16(23)18(3,4)5;/h7-10,13H,6,11-12H2,1-5H3,(H,20,23)(H3,19,21,22);1H. The summed E-state index contributed by atoms with van der Waals surface area (Å²) in [5, 5.41) is 5.90. The van der Waals surface area contributed by atoms with Crippen LogP contribution in [0.1, 0.15) is 52.5 Å². The third-order valence-corrected chi connectivity index (χ3v) is 3.73. The number of benzene rings is 1. The molecular weight excluding hydrogens is 415 g/mol. The number of halogens is 1. The van der Waals surface area contributed by atoms with Crippen LogP contribution in [0.4, 0.5) is 5.69 Å². The zero-order chi connectivity index (χ0) is 17.5. The first kappa shape index (κ1) is 22.7. The number of nitrogens with one attached hydrogen (secondary N) is 2. The molecule has 1 rings (SSSR count). The molecule has 0 spiro atoms. The molecule has 1 aromatic carbocycles. The summed E-state index contributed by atoms with van der Waals surface area (Å²) in [7, 11) is 0. The van der Waals surface area contributed by atoms with Gasteiger partial charge in [0, 0.05) is 17.6 Å². The normalized spacial score (nSPS) is 13.0. The summed E-state index contributed by atoms with van der Waals surface area (Å²) < 4.78 is 0. The molecule has 0 saturated carbocycles. The number of guanidine groups is 1. The van der Waals surface area contributed by atoms with Crippen molar-refractivity contribution in [2.45, 2.75) is 47.0 Å². The van der Waals surface area contributed by atoms with Gasteiger partial charge in [-0.05, 0) is 30.0 Å². The molecule has 0 aliphatic rings. The lowest BCUT2D eigenvalue weighted by molar-refractivity contribution is -0.128. The largest absolute Gasteiger partial charge is 0.370 e. The number of amides is 1. The van der Waals surface area contributed by atoms with Crippen LogP contribution in [-0.2, 0) is 4.79 Å². The molecule has 0 radical (unpaired) electrons. The molecule has 136 valence electrons. The fourth-order valence-electron chi connectivity index (χ4n) is 1.93. The van der Waals surface area contributed by atoms with Gasteiger partial charge in [0.1, 0.15) is 0 Å². The van der Waals surface area contributed by atoms with Crippen LogP contribution in [0.3, 0.4) is 0 Å². The van der Waals surface area contributed by atoms with E-state index >= 15 is 0 Å². The van der Waals surface area contributed by atoms with Gasteiger partial charge >= 0.3 is 0 Å². The van der Waals surface area contributed by atoms with Crippen LogP contribution >= 0.6 is 24.0 Å². The number of carbonyl (C=O) groups excluding carboxylic acids is 1. The molecule has 6 heteroatoms. The lowest BCUT2D eigenvalue weighted by atomic mass is 9.96. The van der Waals surface area contributed by atoms with Crippen molar-refractivity contribution < 1.29 is 4.79 Å². The van der Waals surface area contributed by atoms with Gasteiger partial charge in [0.25, 0.3) is 0 Å². The number of hydrogen-bond acceptors (Lipinski definition) is 2. The second-order valence-electron chi connectivity index (χ2n) is 6.83. The molecular formula is C18H31IN4O. The highest BCUT2D eigenvalue weighted by Crippen LogP contribution is 2.20. The summed E-state index contributed by atoms with van der Waals surface area (Å²) in [6.45, 7) is 11.0. The molecule has 1 atom stereocenters. The van der Waals surface area contributed by atoms with Gasteiger partial charge in [-0.25, -0.2) is 0 Å². The van der Waals surface area contributed by atoms with Crippen molar-refractivity contribution in [3.63, 3.8) is 0 Å². The van der Waals surface area contributed by atoms with E-state index in [4.69, 9.17) is 5.73 Å². The zero-order valence-corrected chi connectivity index (χ0v) is 17.7. The maximum absolute atomic E-state index is 11.7. The molecule has 1 aromatic rings. The summed E-state index contributed by atoms with van der Waals surface area (Å²) in [6, 6.07) is 8.22. The average Bonchev–Trinajstić information content (AvgIpc) is 2.50. The predicted molar refractivity (Wildman–Crippen MR) is 113 cm³/mol. The van der Waals surface area contributed by atoms with Crippen molar-refractivity contribution in [2.24, 2.45) is 16.1 Å². The van der Waals surface area contributed by atoms with Gasteiger partial charge in [-0.3, -0.25) is 9.79 Å². The summed E-state index contributed by atoms with van der Waals surface area (Å²) in [4.78, 5) is 15.9. The van der Waals surface area contributed by atoms with Gasteiger partial charge in [-0.15, -0.1) is 24.0 Å². The lowest BCUT2D eigenvalue weighted by Gasteiger charge is -2.17. The van der Waals surface area contributed by atoms with Crippen molar-refractivity contribution in [3.8, 4) is 0 Å². The molecule has 0 saturated heterocycles. The van der Waals surface area contributed by atoms with E-state index in [9.17, 15) is 4.79 Å². The first-order valence-corrected chi connectivity index (χ1v) is 8.19. The van der Waals surface area contributed by atoms with E-state index in [1.807, 2.05) is 32.9 Å². The Morgan fingerprint density at radius 2 is 1.83 bits per heavy atom. The van der Waals surface area contributed by atoms with E-state index < -0.39 is 0 Å². The Morgan fingerprint density at radius 1 is 1.25 bits per heavy atom. The van der Waals surface area contributed by atoms with Crippen molar-refractivity contribution in [3.05, 3.63) is 29.8 Å². The SMILES string of the molecule is CCC(C)c1ccc(NC(N)=NCCNC(=O)C(C)(C)C)cc1.I. The number of carbonyl (C=O) groups is 1. The molecule has 0 heterocycles. The summed E-state index contributed by atoms with van der Waals surface area (Å²) in [6.07, 6.45) is 1.12. The Balaban J connectivity index is 0.00000529. The number of anilines is 1. The molecule has 0 aliphatic heterocycles. The Morgan fingerprint density at radius 3 is 2.33 bits per heavy atom. The highest BCUT2D eigenvalue weighted by atomic mass is 127. The molecule has 0 bridgehead atoms. The van der Waals surface area contributed by atoms with Crippen LogP contribution in [0.5, 0.6) is 0 Å². The van der Waals surface area contributed by atoms with Gasteiger partial charge in [0.05, 0.1) is 6.54 Å². The van der Waals surface area contributed by atoms with Crippen LogP contribution < -0.4 is 16.4 Å². The fourth-order valence-corrected chi connectivity index (χ4v) is 1.93. The quantitative estimate of drug-likeness (QED) is 0.270. The maximum Gasteiger partial charge on any atom is 0.225 e. The van der Waals surface area contributed by atoms with Crippen LogP contribution in [0, 0.1) is 5.41 Å². The number of rotatable bonds is 6. The van der Waals surface area contributed by atoms with Gasteiger partial charge in [0.15, 0.2) is 5.96 Å². The second-order valence-corrected chi connectivity index (χ2v) is 6.83. The minimum atomic E-state index is -0.384. The average molecular weight is 446 g/mol. The number of aliphatic imine (C=N–C) groups is 1. The molecule has 4 N–H and O–H groups in total. The predicted octanol–water partition coefficient (Wildman–Crippen LogP) is 3.71. The lowest BCUT2D eigenvalue weighted by Crippen LogP contribution is -2.36.